The molecule has 1 aromatic heterocycles. The number of hydrogen-bond donors (Lipinski definition) is 1. The van der Waals surface area contributed by atoms with Crippen LogP contribution in [0, 0.1) is 0 Å². The molecule has 1 aliphatic rings. The first kappa shape index (κ1) is 8.01. The number of nitrogens with two attached hydrogens (primary N) is 1. The van der Waals surface area contributed by atoms with Gasteiger partial charge in [-0.05, 0) is 6.42 Å². The molecular formula is C8H13N3S. The van der Waals surface area contributed by atoms with Gasteiger partial charge in [0.15, 0.2) is 5.13 Å². The maximum atomic E-state index is 6.03. The van der Waals surface area contributed by atoms with Crippen molar-refractivity contribution in [3.63, 3.8) is 0 Å². The summed E-state index contributed by atoms with van der Waals surface area (Å²) in [5.41, 5.74) is 6.08. The molecule has 66 valence electrons. The van der Waals surface area contributed by atoms with E-state index < -0.39 is 0 Å². The molecule has 2 rings (SSSR count). The zero-order chi connectivity index (χ0) is 8.60. The lowest BCUT2D eigenvalue weighted by Gasteiger charge is -2.47. The molecule has 0 saturated carbocycles. The van der Waals surface area contributed by atoms with Gasteiger partial charge in [0.1, 0.15) is 0 Å². The predicted octanol–water partition coefficient (Wildman–Crippen LogP) is 1.07. The Labute approximate surface area is 76.2 Å². The second-order valence-corrected chi connectivity index (χ2v) is 4.26. The molecule has 3 nitrogen and oxygen atoms in total. The van der Waals surface area contributed by atoms with E-state index in [2.05, 4.69) is 16.8 Å². The number of anilines is 1. The number of nitrogens with zero attached hydrogens (tertiary/aromatic N) is 2. The summed E-state index contributed by atoms with van der Waals surface area (Å²) in [6.07, 6.45) is 2.89. The fourth-order valence-corrected chi connectivity index (χ4v) is 2.09. The summed E-state index contributed by atoms with van der Waals surface area (Å²) in [6, 6.07) is 0. The van der Waals surface area contributed by atoms with Crippen LogP contribution in [0.2, 0.25) is 0 Å². The second-order valence-electron chi connectivity index (χ2n) is 3.39. The Morgan fingerprint density at radius 1 is 1.75 bits per heavy atom. The van der Waals surface area contributed by atoms with Crippen LogP contribution in [0.25, 0.3) is 0 Å². The molecule has 0 aromatic carbocycles. The summed E-state index contributed by atoms with van der Waals surface area (Å²) < 4.78 is 0. The highest BCUT2D eigenvalue weighted by Crippen LogP contribution is 2.28. The Bertz CT molecular complexity index is 251. The minimum Gasteiger partial charge on any atom is -0.344 e. The quantitative estimate of drug-likeness (QED) is 0.745. The van der Waals surface area contributed by atoms with E-state index in [0.29, 0.717) is 0 Å². The van der Waals surface area contributed by atoms with Crippen molar-refractivity contribution in [1.82, 2.24) is 4.98 Å². The lowest BCUT2D eigenvalue weighted by molar-refractivity contribution is 0.322. The highest BCUT2D eigenvalue weighted by molar-refractivity contribution is 7.13. The molecular weight excluding hydrogens is 170 g/mol. The molecule has 1 aliphatic heterocycles. The molecule has 2 N–H and O–H groups in total. The van der Waals surface area contributed by atoms with E-state index >= 15 is 0 Å². The average molecular weight is 183 g/mol. The second kappa shape index (κ2) is 2.71. The van der Waals surface area contributed by atoms with Crippen LogP contribution in [0.1, 0.15) is 13.3 Å². The van der Waals surface area contributed by atoms with Crippen molar-refractivity contribution in [2.75, 3.05) is 18.0 Å². The van der Waals surface area contributed by atoms with Crippen molar-refractivity contribution in [2.24, 2.45) is 5.73 Å². The van der Waals surface area contributed by atoms with E-state index in [1.165, 1.54) is 0 Å². The highest BCUT2D eigenvalue weighted by Gasteiger charge is 2.38. The zero-order valence-corrected chi connectivity index (χ0v) is 7.97. The Kier molecular flexibility index (Phi) is 1.81. The molecule has 12 heavy (non-hydrogen) atoms. The van der Waals surface area contributed by atoms with Crippen molar-refractivity contribution in [2.45, 2.75) is 18.9 Å². The smallest absolute Gasteiger partial charge is 0.185 e. The third kappa shape index (κ3) is 1.21. The van der Waals surface area contributed by atoms with Crippen LogP contribution >= 0.6 is 11.3 Å². The van der Waals surface area contributed by atoms with E-state index in [1.54, 1.807) is 11.3 Å². The van der Waals surface area contributed by atoms with Crippen LogP contribution in [0.15, 0.2) is 11.6 Å². The van der Waals surface area contributed by atoms with Gasteiger partial charge in [0, 0.05) is 24.7 Å². The summed E-state index contributed by atoms with van der Waals surface area (Å²) in [4.78, 5) is 6.46. The van der Waals surface area contributed by atoms with E-state index in [1.807, 2.05) is 11.6 Å². The van der Waals surface area contributed by atoms with Gasteiger partial charge in [-0.2, -0.15) is 0 Å². The van der Waals surface area contributed by atoms with Crippen LogP contribution in [-0.2, 0) is 0 Å². The maximum Gasteiger partial charge on any atom is 0.185 e. The SMILES string of the molecule is CCC1(N)CN(c2nccs2)C1. The van der Waals surface area contributed by atoms with Crippen LogP contribution < -0.4 is 10.6 Å². The van der Waals surface area contributed by atoms with Gasteiger partial charge in [0.25, 0.3) is 0 Å². The molecule has 2 heterocycles. The van der Waals surface area contributed by atoms with Gasteiger partial charge in [-0.1, -0.05) is 6.92 Å². The molecule has 0 aliphatic carbocycles. The van der Waals surface area contributed by atoms with Gasteiger partial charge in [-0.15, -0.1) is 11.3 Å². The molecule has 1 aromatic rings. The molecule has 1 saturated heterocycles. The number of thiazole rings is 1. The molecule has 0 unspecified atom stereocenters. The fourth-order valence-electron chi connectivity index (χ4n) is 1.44. The Morgan fingerprint density at radius 3 is 3.00 bits per heavy atom. The van der Waals surface area contributed by atoms with Crippen LogP contribution in [0.5, 0.6) is 0 Å². The maximum absolute atomic E-state index is 6.03. The predicted molar refractivity (Wildman–Crippen MR) is 51.5 cm³/mol. The largest absolute Gasteiger partial charge is 0.344 e. The lowest BCUT2D eigenvalue weighted by Crippen LogP contribution is -2.67. The van der Waals surface area contributed by atoms with Crippen molar-refractivity contribution < 1.29 is 0 Å². The number of rotatable bonds is 2. The van der Waals surface area contributed by atoms with Crippen molar-refractivity contribution in [3.05, 3.63) is 11.6 Å². The van der Waals surface area contributed by atoms with Crippen LogP contribution in [0.4, 0.5) is 5.13 Å². The Balaban J connectivity index is 1.98. The summed E-state index contributed by atoms with van der Waals surface area (Å²) in [6.45, 7) is 4.05. The summed E-state index contributed by atoms with van der Waals surface area (Å²) in [7, 11) is 0. The summed E-state index contributed by atoms with van der Waals surface area (Å²) >= 11 is 1.68. The first-order valence-corrected chi connectivity index (χ1v) is 5.05. The van der Waals surface area contributed by atoms with Gasteiger partial charge in [-0.25, -0.2) is 4.98 Å². The van der Waals surface area contributed by atoms with Crippen LogP contribution in [0.3, 0.4) is 0 Å². The van der Waals surface area contributed by atoms with Gasteiger partial charge >= 0.3 is 0 Å². The molecule has 1 fully saturated rings. The van der Waals surface area contributed by atoms with E-state index in [4.69, 9.17) is 5.73 Å². The average Bonchev–Trinajstić information content (AvgIpc) is 2.50. The minimum absolute atomic E-state index is 0.0473. The molecule has 0 atom stereocenters. The van der Waals surface area contributed by atoms with E-state index in [9.17, 15) is 0 Å². The van der Waals surface area contributed by atoms with Gasteiger partial charge in [0.05, 0.1) is 5.54 Å². The van der Waals surface area contributed by atoms with Gasteiger partial charge < -0.3 is 10.6 Å². The molecule has 0 amide bonds. The standard InChI is InChI=1S/C8H13N3S/c1-2-8(9)5-11(6-8)7-10-3-4-12-7/h3-4H,2,5-6,9H2,1H3. The fraction of sp³-hybridized carbons (Fsp3) is 0.625. The van der Waals surface area contributed by atoms with Gasteiger partial charge in [0.2, 0.25) is 0 Å². The number of hydrogen-bond acceptors (Lipinski definition) is 4. The van der Waals surface area contributed by atoms with E-state index in [0.717, 1.165) is 24.6 Å². The third-order valence-corrected chi connectivity index (χ3v) is 3.24. The Hall–Kier alpha value is -0.610. The normalized spacial score (nSPS) is 20.7. The summed E-state index contributed by atoms with van der Waals surface area (Å²) in [5, 5.41) is 3.10. The first-order chi connectivity index (χ1) is 5.73. The third-order valence-electron chi connectivity index (χ3n) is 2.41. The summed E-state index contributed by atoms with van der Waals surface area (Å²) in [5.74, 6) is 0. The monoisotopic (exact) mass is 183 g/mol. The Morgan fingerprint density at radius 2 is 2.50 bits per heavy atom. The topological polar surface area (TPSA) is 42.1 Å². The van der Waals surface area contributed by atoms with Gasteiger partial charge in [-0.3, -0.25) is 0 Å². The molecule has 4 heteroatoms. The molecule has 0 bridgehead atoms. The van der Waals surface area contributed by atoms with E-state index in [-0.39, 0.29) is 5.54 Å². The molecule has 0 radical (unpaired) electrons. The first-order valence-electron chi connectivity index (χ1n) is 4.17. The lowest BCUT2D eigenvalue weighted by atomic mass is 9.89. The van der Waals surface area contributed by atoms with Crippen LogP contribution in [-0.4, -0.2) is 23.6 Å². The highest BCUT2D eigenvalue weighted by atomic mass is 32.1. The minimum atomic E-state index is 0.0473. The van der Waals surface area contributed by atoms with Crippen molar-refractivity contribution in [3.8, 4) is 0 Å². The van der Waals surface area contributed by atoms with Crippen molar-refractivity contribution >= 4 is 16.5 Å². The number of aromatic nitrogens is 1. The molecule has 0 spiro atoms. The van der Waals surface area contributed by atoms with Crippen molar-refractivity contribution in [1.29, 1.82) is 0 Å². The zero-order valence-electron chi connectivity index (χ0n) is 7.16.